The lowest BCUT2D eigenvalue weighted by Crippen LogP contribution is -2.28. The van der Waals surface area contributed by atoms with Crippen molar-refractivity contribution in [2.45, 2.75) is 174 Å². The molecule has 0 saturated carbocycles. The first-order chi connectivity index (χ1) is 19.5. The van der Waals surface area contributed by atoms with Crippen molar-refractivity contribution in [2.24, 2.45) is 0 Å². The summed E-state index contributed by atoms with van der Waals surface area (Å²) < 4.78 is 10.5. The smallest absolute Gasteiger partial charge is 0.306 e. The molecule has 0 radical (unpaired) electrons. The van der Waals surface area contributed by atoms with Crippen molar-refractivity contribution in [2.75, 3.05) is 19.0 Å². The van der Waals surface area contributed by atoms with Crippen LogP contribution in [0.4, 0.5) is 0 Å². The van der Waals surface area contributed by atoms with E-state index in [1.54, 1.807) is 6.92 Å². The van der Waals surface area contributed by atoms with Gasteiger partial charge in [-0.25, -0.2) is 0 Å². The predicted molar refractivity (Wildman–Crippen MR) is 168 cm³/mol. The van der Waals surface area contributed by atoms with Crippen molar-refractivity contribution in [1.29, 1.82) is 0 Å². The summed E-state index contributed by atoms with van der Waals surface area (Å²) in [5.74, 6) is 0.329. The van der Waals surface area contributed by atoms with Gasteiger partial charge < -0.3 is 14.6 Å². The summed E-state index contributed by atoms with van der Waals surface area (Å²) in [7, 11) is 0. The van der Waals surface area contributed by atoms with Crippen LogP contribution in [0.15, 0.2) is 0 Å². The number of aliphatic hydroxyl groups is 1. The van der Waals surface area contributed by atoms with Gasteiger partial charge in [0.2, 0.25) is 0 Å². The van der Waals surface area contributed by atoms with Crippen LogP contribution in [0.3, 0.4) is 0 Å². The SMILES string of the molecule is CCCCCCCCCCCCCCC(=O)O[C@H](CO)COC(=O)CCCCCCCCCCCCSC(C)=O. The normalized spacial score (nSPS) is 11.9. The molecule has 236 valence electrons. The first kappa shape index (κ1) is 38.9. The Morgan fingerprint density at radius 1 is 0.600 bits per heavy atom. The van der Waals surface area contributed by atoms with Crippen molar-refractivity contribution in [3.63, 3.8) is 0 Å². The van der Waals surface area contributed by atoms with Crippen LogP contribution in [0.1, 0.15) is 168 Å². The molecule has 40 heavy (non-hydrogen) atoms. The molecule has 0 unspecified atom stereocenters. The van der Waals surface area contributed by atoms with Crippen molar-refractivity contribution in [3.05, 3.63) is 0 Å². The van der Waals surface area contributed by atoms with Gasteiger partial charge in [0, 0.05) is 25.5 Å². The third-order valence-corrected chi connectivity index (χ3v) is 8.15. The van der Waals surface area contributed by atoms with Crippen LogP contribution in [0, 0.1) is 0 Å². The van der Waals surface area contributed by atoms with Crippen molar-refractivity contribution in [3.8, 4) is 0 Å². The largest absolute Gasteiger partial charge is 0.462 e. The Morgan fingerprint density at radius 2 is 1.00 bits per heavy atom. The fourth-order valence-electron chi connectivity index (χ4n) is 4.74. The molecule has 1 atom stereocenters. The summed E-state index contributed by atoms with van der Waals surface area (Å²) in [6, 6.07) is 0. The molecular formula is C33H62O6S. The Bertz CT molecular complexity index is 597. The number of hydrogen-bond donors (Lipinski definition) is 1. The maximum absolute atomic E-state index is 12.1. The van der Waals surface area contributed by atoms with E-state index in [-0.39, 0.29) is 30.3 Å². The average Bonchev–Trinajstić information content (AvgIpc) is 2.93. The second kappa shape index (κ2) is 30.9. The number of carbonyl (C=O) groups excluding carboxylic acids is 3. The van der Waals surface area contributed by atoms with Crippen LogP contribution in [-0.2, 0) is 23.9 Å². The highest BCUT2D eigenvalue weighted by Gasteiger charge is 2.16. The Morgan fingerprint density at radius 3 is 1.43 bits per heavy atom. The van der Waals surface area contributed by atoms with Gasteiger partial charge in [-0.2, -0.15) is 0 Å². The molecule has 0 heterocycles. The molecule has 0 aliphatic heterocycles. The molecule has 0 aromatic heterocycles. The number of ether oxygens (including phenoxy) is 2. The molecule has 0 amide bonds. The topological polar surface area (TPSA) is 89.9 Å². The molecule has 0 aliphatic rings. The Kier molecular flexibility index (Phi) is 30.0. The van der Waals surface area contributed by atoms with E-state index in [0.717, 1.165) is 50.7 Å². The second-order valence-electron chi connectivity index (χ2n) is 11.2. The van der Waals surface area contributed by atoms with E-state index < -0.39 is 6.10 Å². The molecular weight excluding hydrogens is 524 g/mol. The highest BCUT2D eigenvalue weighted by Crippen LogP contribution is 2.15. The number of carbonyl (C=O) groups is 3. The van der Waals surface area contributed by atoms with Crippen LogP contribution in [0.5, 0.6) is 0 Å². The van der Waals surface area contributed by atoms with Crippen LogP contribution in [0.25, 0.3) is 0 Å². The fourth-order valence-corrected chi connectivity index (χ4v) is 5.37. The lowest BCUT2D eigenvalue weighted by molar-refractivity contribution is -0.161. The highest BCUT2D eigenvalue weighted by atomic mass is 32.2. The minimum Gasteiger partial charge on any atom is -0.462 e. The Balaban J connectivity index is 3.54. The summed E-state index contributed by atoms with van der Waals surface area (Å²) >= 11 is 1.42. The van der Waals surface area contributed by atoms with Crippen molar-refractivity contribution in [1.82, 2.24) is 0 Å². The zero-order valence-corrected chi connectivity index (χ0v) is 26.9. The molecule has 0 aliphatic carbocycles. The summed E-state index contributed by atoms with van der Waals surface area (Å²) in [5.41, 5.74) is 0. The van der Waals surface area contributed by atoms with E-state index in [9.17, 15) is 19.5 Å². The Labute approximate surface area is 250 Å². The number of hydrogen-bond acceptors (Lipinski definition) is 7. The molecule has 1 N–H and O–H groups in total. The summed E-state index contributed by atoms with van der Waals surface area (Å²) in [6.45, 7) is 3.46. The molecule has 0 saturated heterocycles. The van der Waals surface area contributed by atoms with E-state index >= 15 is 0 Å². The monoisotopic (exact) mass is 586 g/mol. The number of esters is 2. The maximum atomic E-state index is 12.1. The van der Waals surface area contributed by atoms with Gasteiger partial charge in [-0.1, -0.05) is 141 Å². The minimum atomic E-state index is -0.776. The maximum Gasteiger partial charge on any atom is 0.306 e. The number of aliphatic hydroxyl groups excluding tert-OH is 1. The van der Waals surface area contributed by atoms with Crippen LogP contribution in [-0.4, -0.2) is 47.2 Å². The third-order valence-electron chi connectivity index (χ3n) is 7.25. The lowest BCUT2D eigenvalue weighted by atomic mass is 10.0. The highest BCUT2D eigenvalue weighted by molar-refractivity contribution is 8.13. The Hall–Kier alpha value is -1.08. The van der Waals surface area contributed by atoms with Gasteiger partial charge in [0.05, 0.1) is 6.61 Å². The predicted octanol–water partition coefficient (Wildman–Crippen LogP) is 9.10. The molecule has 0 aromatic rings. The van der Waals surface area contributed by atoms with E-state index in [2.05, 4.69) is 6.92 Å². The van der Waals surface area contributed by atoms with E-state index in [0.29, 0.717) is 12.8 Å². The van der Waals surface area contributed by atoms with E-state index in [1.165, 1.54) is 108 Å². The molecule has 0 fully saturated rings. The summed E-state index contributed by atoms with van der Waals surface area (Å²) in [4.78, 5) is 34.9. The van der Waals surface area contributed by atoms with Gasteiger partial charge in [-0.3, -0.25) is 14.4 Å². The molecule has 0 bridgehead atoms. The molecule has 0 aromatic carbocycles. The number of unbranched alkanes of at least 4 members (excludes halogenated alkanes) is 20. The zero-order chi connectivity index (χ0) is 29.5. The van der Waals surface area contributed by atoms with E-state index in [4.69, 9.17) is 9.47 Å². The minimum absolute atomic E-state index is 0.0764. The summed E-state index contributed by atoms with van der Waals surface area (Å²) in [6.07, 6.45) is 26.3. The van der Waals surface area contributed by atoms with Crippen LogP contribution in [0.2, 0.25) is 0 Å². The van der Waals surface area contributed by atoms with Crippen molar-refractivity contribution >= 4 is 28.8 Å². The summed E-state index contributed by atoms with van der Waals surface area (Å²) in [5, 5.41) is 9.70. The quantitative estimate of drug-likeness (QED) is 0.0663. The van der Waals surface area contributed by atoms with Gasteiger partial charge in [0.1, 0.15) is 6.61 Å². The molecule has 7 heteroatoms. The number of rotatable bonds is 30. The van der Waals surface area contributed by atoms with Crippen molar-refractivity contribution < 1.29 is 29.0 Å². The average molecular weight is 587 g/mol. The fraction of sp³-hybridized carbons (Fsp3) is 0.909. The second-order valence-corrected chi connectivity index (χ2v) is 12.5. The molecule has 0 rings (SSSR count). The van der Waals surface area contributed by atoms with Gasteiger partial charge >= 0.3 is 11.9 Å². The first-order valence-corrected chi connectivity index (χ1v) is 17.6. The molecule has 0 spiro atoms. The number of thioether (sulfide) groups is 1. The molecule has 6 nitrogen and oxygen atoms in total. The van der Waals surface area contributed by atoms with Gasteiger partial charge in [0.15, 0.2) is 11.2 Å². The van der Waals surface area contributed by atoms with Gasteiger partial charge in [-0.15, -0.1) is 0 Å². The standard InChI is InChI=1S/C33H62O6S/c1-3-4-5-6-7-8-9-10-14-17-20-23-26-33(37)39-31(28-34)29-38-32(36)25-22-19-16-13-11-12-15-18-21-24-27-40-30(2)35/h31,34H,3-29H2,1-2H3/t31-/m1/s1. The van der Waals surface area contributed by atoms with E-state index in [1.807, 2.05) is 0 Å². The lowest BCUT2D eigenvalue weighted by Gasteiger charge is -2.15. The zero-order valence-electron chi connectivity index (χ0n) is 26.1. The first-order valence-electron chi connectivity index (χ1n) is 16.6. The van der Waals surface area contributed by atoms with Crippen LogP contribution < -0.4 is 0 Å². The van der Waals surface area contributed by atoms with Gasteiger partial charge in [0.25, 0.3) is 0 Å². The third kappa shape index (κ3) is 29.9. The van der Waals surface area contributed by atoms with Crippen LogP contribution >= 0.6 is 11.8 Å². The van der Waals surface area contributed by atoms with Gasteiger partial charge in [-0.05, 0) is 19.3 Å².